The summed E-state index contributed by atoms with van der Waals surface area (Å²) in [6, 6.07) is 8.40. The van der Waals surface area contributed by atoms with Gasteiger partial charge in [0.2, 0.25) is 5.88 Å². The van der Waals surface area contributed by atoms with Crippen molar-refractivity contribution in [2.75, 3.05) is 26.1 Å². The molecule has 1 amide bonds. The van der Waals surface area contributed by atoms with Gasteiger partial charge in [-0.05, 0) is 37.0 Å². The number of carbonyl (C=O) groups excluding carboxylic acids is 1. The molecule has 8 nitrogen and oxygen atoms in total. The molecule has 1 saturated carbocycles. The van der Waals surface area contributed by atoms with Gasteiger partial charge in [0, 0.05) is 12.1 Å². The molecule has 9 heteroatoms. The van der Waals surface area contributed by atoms with Crippen LogP contribution in [0.4, 0.5) is 10.5 Å². The number of fused-ring (bicyclic) bond motifs is 1. The number of anilines is 1. The molecule has 0 atom stereocenters. The number of amides is 1. The van der Waals surface area contributed by atoms with Crippen LogP contribution in [0.25, 0.3) is 10.9 Å². The highest BCUT2D eigenvalue weighted by molar-refractivity contribution is 6.33. The quantitative estimate of drug-likeness (QED) is 0.561. The van der Waals surface area contributed by atoms with E-state index in [4.69, 9.17) is 30.5 Å². The van der Waals surface area contributed by atoms with Crippen LogP contribution in [0.15, 0.2) is 36.7 Å². The second-order valence-electron chi connectivity index (χ2n) is 6.81. The van der Waals surface area contributed by atoms with Gasteiger partial charge in [0.25, 0.3) is 0 Å². The second-order valence-corrected chi connectivity index (χ2v) is 7.22. The molecule has 0 bridgehead atoms. The van der Waals surface area contributed by atoms with E-state index >= 15 is 0 Å². The van der Waals surface area contributed by atoms with Gasteiger partial charge in [0.15, 0.2) is 11.5 Å². The average Bonchev–Trinajstić information content (AvgIpc) is 3.58. The first-order valence-electron chi connectivity index (χ1n) is 9.35. The Hall–Kier alpha value is -3.26. The van der Waals surface area contributed by atoms with Gasteiger partial charge in [0.05, 0.1) is 42.4 Å². The lowest BCUT2D eigenvalue weighted by atomic mass is 10.2. The fourth-order valence-electron chi connectivity index (χ4n) is 2.84. The Labute approximate surface area is 178 Å². The monoisotopic (exact) mass is 429 g/mol. The van der Waals surface area contributed by atoms with Crippen molar-refractivity contribution < 1.29 is 23.7 Å². The van der Waals surface area contributed by atoms with Gasteiger partial charge >= 0.3 is 6.09 Å². The Morgan fingerprint density at radius 3 is 2.60 bits per heavy atom. The first-order chi connectivity index (χ1) is 14.6. The first-order valence-corrected chi connectivity index (χ1v) is 9.73. The highest BCUT2D eigenvalue weighted by Gasteiger charge is 2.23. The van der Waals surface area contributed by atoms with Crippen molar-refractivity contribution in [3.05, 3.63) is 41.7 Å². The van der Waals surface area contributed by atoms with Crippen LogP contribution in [0.2, 0.25) is 5.02 Å². The molecule has 30 heavy (non-hydrogen) atoms. The minimum atomic E-state index is -0.527. The molecule has 1 aliphatic carbocycles. The minimum Gasteiger partial charge on any atom is -0.493 e. The number of nitrogens with one attached hydrogen (secondary N) is 1. The van der Waals surface area contributed by atoms with Gasteiger partial charge in [-0.3, -0.25) is 5.32 Å². The highest BCUT2D eigenvalue weighted by Crippen LogP contribution is 2.37. The Morgan fingerprint density at radius 2 is 1.90 bits per heavy atom. The molecule has 1 heterocycles. The number of halogens is 1. The molecule has 2 aromatic carbocycles. The minimum absolute atomic E-state index is 0.313. The molecule has 1 aromatic heterocycles. The summed E-state index contributed by atoms with van der Waals surface area (Å²) in [4.78, 5) is 20.3. The maximum atomic E-state index is 11.9. The molecule has 1 aliphatic rings. The third-order valence-corrected chi connectivity index (χ3v) is 4.96. The Kier molecular flexibility index (Phi) is 5.76. The van der Waals surface area contributed by atoms with E-state index in [1.54, 1.807) is 44.6 Å². The van der Waals surface area contributed by atoms with Crippen LogP contribution in [0.5, 0.6) is 23.1 Å². The van der Waals surface area contributed by atoms with Gasteiger partial charge in [-0.15, -0.1) is 0 Å². The lowest BCUT2D eigenvalue weighted by molar-refractivity contribution is 0.156. The van der Waals surface area contributed by atoms with Crippen LogP contribution in [0.1, 0.15) is 12.8 Å². The van der Waals surface area contributed by atoms with Crippen molar-refractivity contribution in [2.45, 2.75) is 12.8 Å². The lowest BCUT2D eigenvalue weighted by Crippen LogP contribution is -2.15. The summed E-state index contributed by atoms with van der Waals surface area (Å²) in [6.07, 6.45) is 3.09. The SMILES string of the molecule is COc1cc2ncnc(Oc3ccc(NC(=O)OCC4CC4)c(Cl)c3)c2cc1OC. The fourth-order valence-corrected chi connectivity index (χ4v) is 3.05. The third-order valence-electron chi connectivity index (χ3n) is 4.64. The second kappa shape index (κ2) is 8.62. The number of methoxy groups -OCH3 is 2. The number of aromatic nitrogens is 2. The smallest absolute Gasteiger partial charge is 0.411 e. The number of benzene rings is 2. The molecular formula is C21H20ClN3O5. The number of nitrogens with zero attached hydrogens (tertiary/aromatic N) is 2. The molecule has 3 aromatic rings. The molecule has 4 rings (SSSR count). The Morgan fingerprint density at radius 1 is 1.13 bits per heavy atom. The van der Waals surface area contributed by atoms with Crippen LogP contribution < -0.4 is 19.5 Å². The van der Waals surface area contributed by atoms with E-state index in [1.165, 1.54) is 6.33 Å². The van der Waals surface area contributed by atoms with E-state index in [2.05, 4.69) is 15.3 Å². The molecule has 1 N–H and O–H groups in total. The summed E-state index contributed by atoms with van der Waals surface area (Å²) in [5, 5.41) is 3.60. The van der Waals surface area contributed by atoms with Crippen LogP contribution in [0, 0.1) is 5.92 Å². The van der Waals surface area contributed by atoms with Gasteiger partial charge in [0.1, 0.15) is 12.1 Å². The van der Waals surface area contributed by atoms with Crippen molar-refractivity contribution >= 4 is 34.3 Å². The third kappa shape index (κ3) is 4.49. The van der Waals surface area contributed by atoms with Crippen molar-refractivity contribution in [1.29, 1.82) is 0 Å². The van der Waals surface area contributed by atoms with Crippen LogP contribution >= 0.6 is 11.6 Å². The molecule has 0 saturated heterocycles. The van der Waals surface area contributed by atoms with Gasteiger partial charge < -0.3 is 18.9 Å². The van der Waals surface area contributed by atoms with Gasteiger partial charge in [-0.25, -0.2) is 14.8 Å². The molecule has 0 unspecified atom stereocenters. The van der Waals surface area contributed by atoms with Crippen molar-refractivity contribution in [1.82, 2.24) is 9.97 Å². The number of rotatable bonds is 7. The largest absolute Gasteiger partial charge is 0.493 e. The molecule has 0 aliphatic heterocycles. The summed E-state index contributed by atoms with van der Waals surface area (Å²) in [5.41, 5.74) is 1.07. The molecule has 0 spiro atoms. The average molecular weight is 430 g/mol. The van der Waals surface area contributed by atoms with Crippen molar-refractivity contribution in [3.63, 3.8) is 0 Å². The molecular weight excluding hydrogens is 410 g/mol. The van der Waals surface area contributed by atoms with Gasteiger partial charge in [-0.1, -0.05) is 11.6 Å². The topological polar surface area (TPSA) is 91.8 Å². The van der Waals surface area contributed by atoms with Gasteiger partial charge in [-0.2, -0.15) is 0 Å². The maximum Gasteiger partial charge on any atom is 0.411 e. The normalized spacial score (nSPS) is 13.0. The molecule has 156 valence electrons. The van der Waals surface area contributed by atoms with E-state index in [9.17, 15) is 4.79 Å². The van der Waals surface area contributed by atoms with E-state index in [1.807, 2.05) is 0 Å². The Bertz CT molecular complexity index is 1090. The predicted octanol–water partition coefficient (Wildman–Crippen LogP) is 5.05. The number of hydrogen-bond acceptors (Lipinski definition) is 7. The summed E-state index contributed by atoms with van der Waals surface area (Å²) in [6.45, 7) is 0.430. The number of ether oxygens (including phenoxy) is 4. The van der Waals surface area contributed by atoms with Crippen molar-refractivity contribution in [2.24, 2.45) is 5.92 Å². The van der Waals surface area contributed by atoms with Crippen LogP contribution in [-0.4, -0.2) is 36.9 Å². The fraction of sp³-hybridized carbons (Fsp3) is 0.286. The zero-order valence-electron chi connectivity index (χ0n) is 16.5. The van der Waals surface area contributed by atoms with E-state index in [0.717, 1.165) is 12.8 Å². The standard InChI is InChI=1S/C21H20ClN3O5/c1-27-18-8-14-17(9-19(18)28-2)23-11-24-20(14)30-13-5-6-16(15(22)7-13)25-21(26)29-10-12-3-4-12/h5-9,11-12H,3-4,10H2,1-2H3,(H,25,26). The first kappa shape index (κ1) is 20.0. The van der Waals surface area contributed by atoms with Crippen LogP contribution in [0.3, 0.4) is 0 Å². The summed E-state index contributed by atoms with van der Waals surface area (Å²) >= 11 is 6.30. The molecule has 1 fully saturated rings. The highest BCUT2D eigenvalue weighted by atomic mass is 35.5. The zero-order valence-corrected chi connectivity index (χ0v) is 17.2. The van der Waals surface area contributed by atoms with E-state index in [-0.39, 0.29) is 0 Å². The summed E-state index contributed by atoms with van der Waals surface area (Å²) < 4.78 is 21.7. The molecule has 0 radical (unpaired) electrons. The summed E-state index contributed by atoms with van der Waals surface area (Å²) in [5.74, 6) is 2.37. The zero-order chi connectivity index (χ0) is 21.1. The predicted molar refractivity (Wildman–Crippen MR) is 112 cm³/mol. The van der Waals surface area contributed by atoms with Crippen molar-refractivity contribution in [3.8, 4) is 23.1 Å². The Balaban J connectivity index is 1.53. The number of hydrogen-bond donors (Lipinski definition) is 1. The van der Waals surface area contributed by atoms with Crippen LogP contribution in [-0.2, 0) is 4.74 Å². The number of carbonyl (C=O) groups is 1. The van der Waals surface area contributed by atoms with E-state index in [0.29, 0.717) is 57.3 Å². The summed E-state index contributed by atoms with van der Waals surface area (Å²) in [7, 11) is 3.11. The van der Waals surface area contributed by atoms with E-state index < -0.39 is 6.09 Å². The lowest BCUT2D eigenvalue weighted by Gasteiger charge is -2.12. The maximum absolute atomic E-state index is 11.9.